The van der Waals surface area contributed by atoms with Gasteiger partial charge in [-0.15, -0.1) is 0 Å². The lowest BCUT2D eigenvalue weighted by Gasteiger charge is -2.31. The summed E-state index contributed by atoms with van der Waals surface area (Å²) in [6, 6.07) is 5.78. The molecule has 4 heteroatoms. The van der Waals surface area contributed by atoms with Crippen molar-refractivity contribution in [2.45, 2.75) is 32.6 Å². The summed E-state index contributed by atoms with van der Waals surface area (Å²) in [6.07, 6.45) is 3.62. The number of methoxy groups -OCH3 is 2. The Morgan fingerprint density at radius 2 is 1.90 bits per heavy atom. The molecule has 1 aromatic rings. The molecule has 0 spiro atoms. The van der Waals surface area contributed by atoms with Gasteiger partial charge >= 0.3 is 0 Å². The SMILES string of the molecule is COc1cc(CCC(=O)N2CCCC(C)C2)cc(OC)c1. The largest absolute Gasteiger partial charge is 0.497 e. The van der Waals surface area contributed by atoms with Crippen molar-refractivity contribution in [1.29, 1.82) is 0 Å². The second-order valence-corrected chi connectivity index (χ2v) is 5.81. The van der Waals surface area contributed by atoms with Gasteiger partial charge in [0.15, 0.2) is 0 Å². The first kappa shape index (κ1) is 15.7. The molecule has 0 aromatic heterocycles. The molecule has 0 N–H and O–H groups in total. The molecule has 1 saturated heterocycles. The minimum Gasteiger partial charge on any atom is -0.497 e. The predicted molar refractivity (Wildman–Crippen MR) is 82.8 cm³/mol. The van der Waals surface area contributed by atoms with E-state index in [4.69, 9.17) is 9.47 Å². The Morgan fingerprint density at radius 1 is 1.24 bits per heavy atom. The van der Waals surface area contributed by atoms with Crippen molar-refractivity contribution >= 4 is 5.91 Å². The van der Waals surface area contributed by atoms with Crippen LogP contribution in [-0.2, 0) is 11.2 Å². The van der Waals surface area contributed by atoms with E-state index in [9.17, 15) is 4.79 Å². The Labute approximate surface area is 127 Å². The van der Waals surface area contributed by atoms with Gasteiger partial charge in [-0.3, -0.25) is 4.79 Å². The molecule has 116 valence electrons. The zero-order chi connectivity index (χ0) is 15.2. The summed E-state index contributed by atoms with van der Waals surface area (Å²) in [5.41, 5.74) is 1.07. The lowest BCUT2D eigenvalue weighted by atomic mass is 9.99. The van der Waals surface area contributed by atoms with Gasteiger partial charge in [-0.05, 0) is 42.9 Å². The van der Waals surface area contributed by atoms with Crippen LogP contribution in [-0.4, -0.2) is 38.1 Å². The number of aryl methyl sites for hydroxylation is 1. The molecule has 1 atom stereocenters. The Hall–Kier alpha value is -1.71. The van der Waals surface area contributed by atoms with Crippen LogP contribution in [0.1, 0.15) is 31.7 Å². The molecule has 1 amide bonds. The average Bonchev–Trinajstić information content (AvgIpc) is 2.52. The highest BCUT2D eigenvalue weighted by Crippen LogP contribution is 2.24. The van der Waals surface area contributed by atoms with Gasteiger partial charge in [-0.1, -0.05) is 6.92 Å². The van der Waals surface area contributed by atoms with Gasteiger partial charge in [-0.25, -0.2) is 0 Å². The molecule has 2 rings (SSSR count). The van der Waals surface area contributed by atoms with E-state index in [0.29, 0.717) is 12.3 Å². The van der Waals surface area contributed by atoms with Gasteiger partial charge in [0.05, 0.1) is 14.2 Å². The van der Waals surface area contributed by atoms with Crippen molar-refractivity contribution in [3.05, 3.63) is 23.8 Å². The van der Waals surface area contributed by atoms with E-state index < -0.39 is 0 Å². The van der Waals surface area contributed by atoms with Crippen molar-refractivity contribution < 1.29 is 14.3 Å². The minimum atomic E-state index is 0.253. The van der Waals surface area contributed by atoms with Crippen LogP contribution >= 0.6 is 0 Å². The molecule has 1 aromatic carbocycles. The Bertz CT molecular complexity index is 465. The monoisotopic (exact) mass is 291 g/mol. The zero-order valence-electron chi connectivity index (χ0n) is 13.2. The van der Waals surface area contributed by atoms with Crippen LogP contribution in [0.5, 0.6) is 11.5 Å². The summed E-state index contributed by atoms with van der Waals surface area (Å²) in [4.78, 5) is 14.3. The Morgan fingerprint density at radius 3 is 2.48 bits per heavy atom. The van der Waals surface area contributed by atoms with E-state index in [1.165, 1.54) is 6.42 Å². The molecule has 4 nitrogen and oxygen atoms in total. The summed E-state index contributed by atoms with van der Waals surface area (Å²) in [6.45, 7) is 4.03. The Balaban J connectivity index is 1.94. The van der Waals surface area contributed by atoms with Crippen molar-refractivity contribution in [2.75, 3.05) is 27.3 Å². The number of likely N-dealkylation sites (tertiary alicyclic amines) is 1. The third-order valence-electron chi connectivity index (χ3n) is 4.05. The predicted octanol–water partition coefficient (Wildman–Crippen LogP) is 2.89. The summed E-state index contributed by atoms with van der Waals surface area (Å²) in [5.74, 6) is 2.41. The smallest absolute Gasteiger partial charge is 0.222 e. The van der Waals surface area contributed by atoms with Gasteiger partial charge in [0.25, 0.3) is 0 Å². The summed E-state index contributed by atoms with van der Waals surface area (Å²) < 4.78 is 10.5. The minimum absolute atomic E-state index is 0.253. The molecule has 1 aliphatic rings. The summed E-state index contributed by atoms with van der Waals surface area (Å²) in [5, 5.41) is 0. The van der Waals surface area contributed by atoms with Crippen molar-refractivity contribution in [1.82, 2.24) is 4.90 Å². The van der Waals surface area contributed by atoms with E-state index >= 15 is 0 Å². The van der Waals surface area contributed by atoms with Crippen molar-refractivity contribution in [3.63, 3.8) is 0 Å². The highest BCUT2D eigenvalue weighted by atomic mass is 16.5. The second-order valence-electron chi connectivity index (χ2n) is 5.81. The van der Waals surface area contributed by atoms with E-state index in [2.05, 4.69) is 6.92 Å². The number of nitrogens with zero attached hydrogens (tertiary/aromatic N) is 1. The maximum absolute atomic E-state index is 12.3. The first-order chi connectivity index (χ1) is 10.1. The van der Waals surface area contributed by atoms with E-state index in [0.717, 1.165) is 43.0 Å². The third kappa shape index (κ3) is 4.38. The lowest BCUT2D eigenvalue weighted by molar-refractivity contribution is -0.132. The fraction of sp³-hybridized carbons (Fsp3) is 0.588. The van der Waals surface area contributed by atoms with E-state index in [1.54, 1.807) is 14.2 Å². The van der Waals surface area contributed by atoms with E-state index in [-0.39, 0.29) is 5.91 Å². The molecule has 0 aliphatic carbocycles. The van der Waals surface area contributed by atoms with Crippen LogP contribution in [0.4, 0.5) is 0 Å². The summed E-state index contributed by atoms with van der Waals surface area (Å²) in [7, 11) is 3.28. The highest BCUT2D eigenvalue weighted by molar-refractivity contribution is 5.76. The number of hydrogen-bond donors (Lipinski definition) is 0. The number of hydrogen-bond acceptors (Lipinski definition) is 3. The van der Waals surface area contributed by atoms with Crippen LogP contribution in [0.2, 0.25) is 0 Å². The zero-order valence-corrected chi connectivity index (χ0v) is 13.2. The number of ether oxygens (including phenoxy) is 2. The fourth-order valence-electron chi connectivity index (χ4n) is 2.84. The molecule has 0 saturated carbocycles. The molecule has 21 heavy (non-hydrogen) atoms. The second kappa shape index (κ2) is 7.34. The lowest BCUT2D eigenvalue weighted by Crippen LogP contribution is -2.39. The maximum Gasteiger partial charge on any atom is 0.222 e. The molecule has 1 heterocycles. The van der Waals surface area contributed by atoms with Crippen LogP contribution in [0, 0.1) is 5.92 Å². The first-order valence-corrected chi connectivity index (χ1v) is 7.62. The quantitative estimate of drug-likeness (QED) is 0.837. The number of carbonyl (C=O) groups is 1. The van der Waals surface area contributed by atoms with Crippen LogP contribution in [0.15, 0.2) is 18.2 Å². The van der Waals surface area contributed by atoms with E-state index in [1.807, 2.05) is 23.1 Å². The topological polar surface area (TPSA) is 38.8 Å². The maximum atomic E-state index is 12.3. The molecule has 0 bridgehead atoms. The Kier molecular flexibility index (Phi) is 5.48. The number of amides is 1. The molecule has 0 radical (unpaired) electrons. The fourth-order valence-corrected chi connectivity index (χ4v) is 2.84. The first-order valence-electron chi connectivity index (χ1n) is 7.62. The molecular weight excluding hydrogens is 266 g/mol. The number of benzene rings is 1. The highest BCUT2D eigenvalue weighted by Gasteiger charge is 2.20. The number of piperidine rings is 1. The van der Waals surface area contributed by atoms with Crippen LogP contribution in [0.25, 0.3) is 0 Å². The normalized spacial score (nSPS) is 18.4. The third-order valence-corrected chi connectivity index (χ3v) is 4.05. The van der Waals surface area contributed by atoms with Crippen molar-refractivity contribution in [3.8, 4) is 11.5 Å². The molecular formula is C17H25NO3. The van der Waals surface area contributed by atoms with Gasteiger partial charge in [0.1, 0.15) is 11.5 Å². The number of carbonyl (C=O) groups excluding carboxylic acids is 1. The standard InChI is InChI=1S/C17H25NO3/c1-13-5-4-8-18(12-13)17(19)7-6-14-9-15(20-2)11-16(10-14)21-3/h9-11,13H,4-8,12H2,1-3H3. The van der Waals surface area contributed by atoms with Crippen LogP contribution in [0.3, 0.4) is 0 Å². The van der Waals surface area contributed by atoms with Gasteiger partial charge < -0.3 is 14.4 Å². The van der Waals surface area contributed by atoms with Gasteiger partial charge in [-0.2, -0.15) is 0 Å². The summed E-state index contributed by atoms with van der Waals surface area (Å²) >= 11 is 0. The average molecular weight is 291 g/mol. The molecule has 1 unspecified atom stereocenters. The number of rotatable bonds is 5. The molecule has 1 fully saturated rings. The molecule has 1 aliphatic heterocycles. The van der Waals surface area contributed by atoms with Gasteiger partial charge in [0, 0.05) is 25.6 Å². The van der Waals surface area contributed by atoms with Crippen molar-refractivity contribution in [2.24, 2.45) is 5.92 Å². The van der Waals surface area contributed by atoms with Gasteiger partial charge in [0.2, 0.25) is 5.91 Å². The van der Waals surface area contributed by atoms with Crippen LogP contribution < -0.4 is 9.47 Å².